The van der Waals surface area contributed by atoms with Crippen LogP contribution in [0.4, 0.5) is 5.69 Å². The Hall–Kier alpha value is -3.39. The van der Waals surface area contributed by atoms with Crippen LogP contribution in [-0.4, -0.2) is 23.6 Å². The fraction of sp³-hybridized carbons (Fsp3) is 0.0526. The standard InChI is InChI=1S/C19H16N4O3S/c1-13-7-5-6-10-16(13)23-27(24,25)15-11-17(20-12-15)19-22-21-18(26-19)14-8-3-2-4-9-14/h2-12,20,23H,1H3. The van der Waals surface area contributed by atoms with Gasteiger partial charge in [0.15, 0.2) is 0 Å². The number of hydrogen-bond donors (Lipinski definition) is 2. The van der Waals surface area contributed by atoms with Crippen molar-refractivity contribution in [1.82, 2.24) is 15.2 Å². The van der Waals surface area contributed by atoms with Gasteiger partial charge < -0.3 is 9.40 Å². The molecule has 0 aliphatic carbocycles. The van der Waals surface area contributed by atoms with Crippen molar-refractivity contribution in [3.63, 3.8) is 0 Å². The van der Waals surface area contributed by atoms with Gasteiger partial charge in [0.1, 0.15) is 10.6 Å². The van der Waals surface area contributed by atoms with E-state index in [-0.39, 0.29) is 10.8 Å². The Bertz CT molecular complexity index is 1180. The molecule has 4 rings (SSSR count). The van der Waals surface area contributed by atoms with Gasteiger partial charge in [-0.2, -0.15) is 0 Å². The summed E-state index contributed by atoms with van der Waals surface area (Å²) in [5.74, 6) is 0.578. The summed E-state index contributed by atoms with van der Waals surface area (Å²) in [7, 11) is -3.74. The molecule has 8 heteroatoms. The van der Waals surface area contributed by atoms with Crippen molar-refractivity contribution >= 4 is 15.7 Å². The predicted octanol–water partition coefficient (Wildman–Crippen LogP) is 3.84. The Morgan fingerprint density at radius 2 is 1.67 bits per heavy atom. The Balaban J connectivity index is 1.60. The summed E-state index contributed by atoms with van der Waals surface area (Å²) in [6.07, 6.45) is 1.39. The van der Waals surface area contributed by atoms with Gasteiger partial charge in [-0.05, 0) is 36.8 Å². The zero-order chi connectivity index (χ0) is 18.9. The highest BCUT2D eigenvalue weighted by atomic mass is 32.2. The summed E-state index contributed by atoms with van der Waals surface area (Å²) in [5, 5.41) is 8.01. The van der Waals surface area contributed by atoms with Crippen LogP contribution in [0.2, 0.25) is 0 Å². The third-order valence-corrected chi connectivity index (χ3v) is 5.38. The second-order valence-electron chi connectivity index (χ2n) is 5.95. The Labute approximate surface area is 156 Å². The normalized spacial score (nSPS) is 11.4. The van der Waals surface area contributed by atoms with Crippen LogP contribution in [-0.2, 0) is 10.0 Å². The smallest absolute Gasteiger partial charge is 0.264 e. The number of nitrogens with zero attached hydrogens (tertiary/aromatic N) is 2. The van der Waals surface area contributed by atoms with Gasteiger partial charge >= 0.3 is 0 Å². The van der Waals surface area contributed by atoms with Gasteiger partial charge in [-0.15, -0.1) is 10.2 Å². The number of aryl methyl sites for hydroxylation is 1. The fourth-order valence-electron chi connectivity index (χ4n) is 2.57. The monoisotopic (exact) mass is 380 g/mol. The molecule has 0 radical (unpaired) electrons. The number of sulfonamides is 1. The number of rotatable bonds is 5. The number of hydrogen-bond acceptors (Lipinski definition) is 5. The van der Waals surface area contributed by atoms with Crippen molar-refractivity contribution in [1.29, 1.82) is 0 Å². The molecule has 2 aromatic carbocycles. The third-order valence-electron chi connectivity index (χ3n) is 4.03. The average molecular weight is 380 g/mol. The number of nitrogens with one attached hydrogen (secondary N) is 2. The molecule has 0 unspecified atom stereocenters. The van der Waals surface area contributed by atoms with E-state index in [0.717, 1.165) is 11.1 Å². The summed E-state index contributed by atoms with van der Waals surface area (Å²) in [6.45, 7) is 1.84. The first-order valence-corrected chi connectivity index (χ1v) is 9.67. The summed E-state index contributed by atoms with van der Waals surface area (Å²) in [4.78, 5) is 2.96. The van der Waals surface area contributed by atoms with Gasteiger partial charge in [0.05, 0.1) is 5.69 Å². The lowest BCUT2D eigenvalue weighted by Gasteiger charge is -2.08. The Morgan fingerprint density at radius 1 is 0.963 bits per heavy atom. The molecule has 7 nitrogen and oxygen atoms in total. The van der Waals surface area contributed by atoms with E-state index in [0.29, 0.717) is 17.3 Å². The van der Waals surface area contributed by atoms with Crippen molar-refractivity contribution in [3.05, 3.63) is 72.4 Å². The lowest BCUT2D eigenvalue weighted by atomic mass is 10.2. The van der Waals surface area contributed by atoms with Crippen molar-refractivity contribution in [3.8, 4) is 23.0 Å². The van der Waals surface area contributed by atoms with E-state index in [9.17, 15) is 8.42 Å². The zero-order valence-electron chi connectivity index (χ0n) is 14.4. The van der Waals surface area contributed by atoms with Gasteiger partial charge in [0, 0.05) is 11.8 Å². The molecular weight excluding hydrogens is 364 g/mol. The topological polar surface area (TPSA) is 101 Å². The van der Waals surface area contributed by atoms with Gasteiger partial charge in [-0.25, -0.2) is 8.42 Å². The molecule has 0 atom stereocenters. The highest BCUT2D eigenvalue weighted by Gasteiger charge is 2.20. The first-order valence-electron chi connectivity index (χ1n) is 8.19. The quantitative estimate of drug-likeness (QED) is 0.548. The van der Waals surface area contributed by atoms with Crippen LogP contribution in [0.15, 0.2) is 76.2 Å². The highest BCUT2D eigenvalue weighted by Crippen LogP contribution is 2.26. The molecule has 2 heterocycles. The third kappa shape index (κ3) is 3.47. The van der Waals surface area contributed by atoms with Gasteiger partial charge in [-0.3, -0.25) is 4.72 Å². The lowest BCUT2D eigenvalue weighted by molar-refractivity contribution is 0.582. The minimum absolute atomic E-state index is 0.0835. The minimum atomic E-state index is -3.74. The van der Waals surface area contributed by atoms with Gasteiger partial charge in [0.2, 0.25) is 5.89 Å². The van der Waals surface area contributed by atoms with Crippen LogP contribution in [0.25, 0.3) is 23.0 Å². The van der Waals surface area contributed by atoms with E-state index < -0.39 is 10.0 Å². The van der Waals surface area contributed by atoms with Crippen LogP contribution < -0.4 is 4.72 Å². The van der Waals surface area contributed by atoms with Crippen molar-refractivity contribution in [2.24, 2.45) is 0 Å². The van der Waals surface area contributed by atoms with Crippen molar-refractivity contribution in [2.75, 3.05) is 4.72 Å². The van der Waals surface area contributed by atoms with E-state index in [1.165, 1.54) is 12.3 Å². The second-order valence-corrected chi connectivity index (χ2v) is 7.63. The Morgan fingerprint density at radius 3 is 2.44 bits per heavy atom. The number of H-pyrrole nitrogens is 1. The van der Waals surface area contributed by atoms with Gasteiger partial charge in [-0.1, -0.05) is 36.4 Å². The number of anilines is 1. The van der Waals surface area contributed by atoms with E-state index in [1.54, 1.807) is 12.1 Å². The van der Waals surface area contributed by atoms with Crippen LogP contribution >= 0.6 is 0 Å². The van der Waals surface area contributed by atoms with Crippen molar-refractivity contribution in [2.45, 2.75) is 11.8 Å². The largest absolute Gasteiger partial charge is 0.415 e. The SMILES string of the molecule is Cc1ccccc1NS(=O)(=O)c1c[nH]c(-c2nnc(-c3ccccc3)o2)c1. The molecule has 0 amide bonds. The Kier molecular flexibility index (Phi) is 4.25. The molecule has 27 heavy (non-hydrogen) atoms. The highest BCUT2D eigenvalue weighted by molar-refractivity contribution is 7.92. The van der Waals surface area contributed by atoms with Crippen LogP contribution in [0, 0.1) is 6.92 Å². The number of para-hydroxylation sites is 1. The maximum absolute atomic E-state index is 12.6. The summed E-state index contributed by atoms with van der Waals surface area (Å²) in [6, 6.07) is 18.0. The maximum Gasteiger partial charge on any atom is 0.264 e. The van der Waals surface area contributed by atoms with E-state index in [1.807, 2.05) is 49.4 Å². The average Bonchev–Trinajstić information content (AvgIpc) is 3.34. The predicted molar refractivity (Wildman–Crippen MR) is 102 cm³/mol. The van der Waals surface area contributed by atoms with Crippen LogP contribution in [0.3, 0.4) is 0 Å². The molecular formula is C19H16N4O3S. The fourth-order valence-corrected chi connectivity index (χ4v) is 3.70. The van der Waals surface area contributed by atoms with Crippen LogP contribution in [0.5, 0.6) is 0 Å². The minimum Gasteiger partial charge on any atom is -0.415 e. The van der Waals surface area contributed by atoms with E-state index in [4.69, 9.17) is 4.42 Å². The molecule has 0 bridgehead atoms. The van der Waals surface area contributed by atoms with Crippen LogP contribution in [0.1, 0.15) is 5.56 Å². The molecule has 0 saturated heterocycles. The molecule has 2 N–H and O–H groups in total. The lowest BCUT2D eigenvalue weighted by Crippen LogP contribution is -2.12. The maximum atomic E-state index is 12.6. The molecule has 4 aromatic rings. The summed E-state index contributed by atoms with van der Waals surface area (Å²) < 4.78 is 33.5. The first-order chi connectivity index (χ1) is 13.0. The molecule has 2 aromatic heterocycles. The summed E-state index contributed by atoms with van der Waals surface area (Å²) >= 11 is 0. The second kappa shape index (κ2) is 6.73. The molecule has 0 spiro atoms. The van der Waals surface area contributed by atoms with E-state index in [2.05, 4.69) is 19.9 Å². The summed E-state index contributed by atoms with van der Waals surface area (Å²) in [5.41, 5.74) is 2.58. The molecule has 0 fully saturated rings. The van der Waals surface area contributed by atoms with Crippen molar-refractivity contribution < 1.29 is 12.8 Å². The molecule has 0 aliphatic rings. The molecule has 136 valence electrons. The number of benzene rings is 2. The molecule has 0 aliphatic heterocycles. The number of aromatic nitrogens is 3. The van der Waals surface area contributed by atoms with E-state index >= 15 is 0 Å². The molecule has 0 saturated carbocycles. The number of aromatic amines is 1. The first kappa shape index (κ1) is 17.0. The zero-order valence-corrected chi connectivity index (χ0v) is 15.2. The van der Waals surface area contributed by atoms with Gasteiger partial charge in [0.25, 0.3) is 15.9 Å².